The van der Waals surface area contributed by atoms with Crippen LogP contribution in [-0.4, -0.2) is 40.2 Å². The summed E-state index contributed by atoms with van der Waals surface area (Å²) in [4.78, 5) is 24.6. The van der Waals surface area contributed by atoms with E-state index in [1.54, 1.807) is 24.0 Å². The number of carbonyl (C=O) groups is 1. The van der Waals surface area contributed by atoms with Gasteiger partial charge in [-0.3, -0.25) is 10.1 Å². The molecule has 0 aromatic heterocycles. The minimum atomic E-state index is -0.428. The Morgan fingerprint density at radius 2 is 2.13 bits per heavy atom. The lowest BCUT2D eigenvalue weighted by Gasteiger charge is -2.33. The maximum Gasteiger partial charge on any atom is 0.321 e. The van der Waals surface area contributed by atoms with Crippen molar-refractivity contribution in [1.29, 1.82) is 0 Å². The van der Waals surface area contributed by atoms with Gasteiger partial charge in [-0.25, -0.2) is 4.79 Å². The molecule has 1 aliphatic heterocycles. The number of aryl methyl sites for hydroxylation is 1. The number of nitro groups is 1. The third kappa shape index (κ3) is 4.19. The fourth-order valence-electron chi connectivity index (χ4n) is 2.90. The zero-order valence-electron chi connectivity index (χ0n) is 13.5. The van der Waals surface area contributed by atoms with E-state index in [0.29, 0.717) is 30.8 Å². The summed E-state index contributed by atoms with van der Waals surface area (Å²) in [7, 11) is 0. The number of rotatable bonds is 4. The number of likely N-dealkylation sites (tertiary alicyclic amines) is 1. The summed E-state index contributed by atoms with van der Waals surface area (Å²) in [5.41, 5.74) is 1.10. The number of piperidine rings is 1. The highest BCUT2D eigenvalue weighted by atomic mass is 16.6. The van der Waals surface area contributed by atoms with Crippen molar-refractivity contribution in [2.24, 2.45) is 5.92 Å². The van der Waals surface area contributed by atoms with Crippen LogP contribution in [0.3, 0.4) is 0 Å². The fourth-order valence-corrected chi connectivity index (χ4v) is 2.90. The van der Waals surface area contributed by atoms with Crippen LogP contribution >= 0.6 is 0 Å². The van der Waals surface area contributed by atoms with Gasteiger partial charge in [-0.1, -0.05) is 13.0 Å². The first-order valence-corrected chi connectivity index (χ1v) is 7.93. The Morgan fingerprint density at radius 3 is 2.65 bits per heavy atom. The Morgan fingerprint density at radius 1 is 1.48 bits per heavy atom. The predicted octanol–water partition coefficient (Wildman–Crippen LogP) is 2.78. The van der Waals surface area contributed by atoms with Crippen LogP contribution in [0.1, 0.15) is 32.3 Å². The summed E-state index contributed by atoms with van der Waals surface area (Å²) >= 11 is 0. The highest BCUT2D eigenvalue weighted by Crippen LogP contribution is 2.25. The summed E-state index contributed by atoms with van der Waals surface area (Å²) in [6, 6.07) is 4.51. The van der Waals surface area contributed by atoms with E-state index in [9.17, 15) is 20.0 Å². The van der Waals surface area contributed by atoms with Gasteiger partial charge in [0.25, 0.3) is 5.69 Å². The lowest BCUT2D eigenvalue weighted by Crippen LogP contribution is -2.42. The second-order valence-electron chi connectivity index (χ2n) is 5.95. The molecule has 1 saturated heterocycles. The Labute approximate surface area is 135 Å². The molecule has 1 aromatic carbocycles. The molecule has 0 spiro atoms. The van der Waals surface area contributed by atoms with Gasteiger partial charge in [-0.05, 0) is 38.2 Å². The van der Waals surface area contributed by atoms with E-state index in [-0.39, 0.29) is 23.7 Å². The van der Waals surface area contributed by atoms with E-state index in [1.807, 2.05) is 6.92 Å². The van der Waals surface area contributed by atoms with Crippen LogP contribution in [0.4, 0.5) is 16.2 Å². The maximum atomic E-state index is 12.3. The summed E-state index contributed by atoms with van der Waals surface area (Å²) in [6.07, 6.45) is 1.74. The number of amides is 2. The Bertz CT molecular complexity index is 581. The smallest absolute Gasteiger partial charge is 0.321 e. The predicted molar refractivity (Wildman–Crippen MR) is 87.5 cm³/mol. The molecule has 0 aliphatic carbocycles. The molecule has 1 unspecified atom stereocenters. The minimum absolute atomic E-state index is 0.0260. The van der Waals surface area contributed by atoms with Crippen LogP contribution in [-0.2, 0) is 6.42 Å². The first-order chi connectivity index (χ1) is 10.9. The quantitative estimate of drug-likeness (QED) is 0.658. The molecule has 126 valence electrons. The lowest BCUT2D eigenvalue weighted by atomic mass is 9.92. The molecule has 0 bridgehead atoms. The molecule has 1 aliphatic rings. The van der Waals surface area contributed by atoms with E-state index < -0.39 is 4.92 Å². The van der Waals surface area contributed by atoms with Crippen molar-refractivity contribution >= 4 is 17.4 Å². The van der Waals surface area contributed by atoms with Gasteiger partial charge < -0.3 is 15.3 Å². The van der Waals surface area contributed by atoms with Gasteiger partial charge in [0.2, 0.25) is 0 Å². The van der Waals surface area contributed by atoms with Gasteiger partial charge in [-0.2, -0.15) is 0 Å². The molecule has 1 atom stereocenters. The number of hydrogen-bond donors (Lipinski definition) is 2. The minimum Gasteiger partial charge on any atom is -0.393 e. The van der Waals surface area contributed by atoms with E-state index in [1.165, 1.54) is 6.07 Å². The summed E-state index contributed by atoms with van der Waals surface area (Å²) in [6.45, 7) is 4.79. The average Bonchev–Trinajstić information content (AvgIpc) is 2.54. The summed E-state index contributed by atoms with van der Waals surface area (Å²) in [5, 5.41) is 23.4. The monoisotopic (exact) mass is 321 g/mol. The number of nitrogens with one attached hydrogen (secondary N) is 1. The van der Waals surface area contributed by atoms with Gasteiger partial charge in [0.1, 0.15) is 0 Å². The molecule has 0 radical (unpaired) electrons. The standard InChI is InChI=1S/C16H23N3O4/c1-3-12-4-5-14(10-15(12)19(22)23)17-16(21)18-8-6-13(7-9-18)11(2)20/h4-5,10-11,13,20H,3,6-9H2,1-2H3,(H,17,21). The maximum absolute atomic E-state index is 12.3. The van der Waals surface area contributed by atoms with Gasteiger partial charge in [0.15, 0.2) is 0 Å². The van der Waals surface area contributed by atoms with Crippen molar-refractivity contribution in [3.63, 3.8) is 0 Å². The third-order valence-electron chi connectivity index (χ3n) is 4.42. The van der Waals surface area contributed by atoms with Gasteiger partial charge >= 0.3 is 6.03 Å². The summed E-state index contributed by atoms with van der Waals surface area (Å²) < 4.78 is 0. The second kappa shape index (κ2) is 7.41. The molecule has 2 rings (SSSR count). The molecule has 7 heteroatoms. The molecule has 2 amide bonds. The Balaban J connectivity index is 2.01. The highest BCUT2D eigenvalue weighted by molar-refractivity contribution is 5.89. The molecule has 1 aromatic rings. The van der Waals surface area contributed by atoms with Crippen LogP contribution in [0.25, 0.3) is 0 Å². The molecular formula is C16H23N3O4. The number of benzene rings is 1. The molecule has 1 heterocycles. The largest absolute Gasteiger partial charge is 0.393 e. The van der Waals surface area contributed by atoms with Gasteiger partial charge in [-0.15, -0.1) is 0 Å². The van der Waals surface area contributed by atoms with Crippen LogP contribution in [0, 0.1) is 16.0 Å². The van der Waals surface area contributed by atoms with Gasteiger partial charge in [0, 0.05) is 30.4 Å². The first-order valence-electron chi connectivity index (χ1n) is 7.93. The normalized spacial score (nSPS) is 16.9. The Kier molecular flexibility index (Phi) is 5.54. The molecule has 2 N–H and O–H groups in total. The second-order valence-corrected chi connectivity index (χ2v) is 5.95. The molecule has 7 nitrogen and oxygen atoms in total. The highest BCUT2D eigenvalue weighted by Gasteiger charge is 2.25. The van der Waals surface area contributed by atoms with E-state index >= 15 is 0 Å². The fraction of sp³-hybridized carbons (Fsp3) is 0.562. The first kappa shape index (κ1) is 17.2. The number of carbonyl (C=O) groups excluding carboxylic acids is 1. The molecule has 23 heavy (non-hydrogen) atoms. The zero-order chi connectivity index (χ0) is 17.0. The third-order valence-corrected chi connectivity index (χ3v) is 4.42. The number of urea groups is 1. The number of nitro benzene ring substituents is 1. The van der Waals surface area contributed by atoms with Crippen molar-refractivity contribution < 1.29 is 14.8 Å². The van der Waals surface area contributed by atoms with E-state index in [4.69, 9.17) is 0 Å². The number of anilines is 1. The average molecular weight is 321 g/mol. The number of hydrogen-bond acceptors (Lipinski definition) is 4. The SMILES string of the molecule is CCc1ccc(NC(=O)N2CCC(C(C)O)CC2)cc1[N+](=O)[O-]. The molecular weight excluding hydrogens is 298 g/mol. The van der Waals surface area contributed by atoms with Crippen molar-refractivity contribution in [2.75, 3.05) is 18.4 Å². The van der Waals surface area contributed by atoms with E-state index in [2.05, 4.69) is 5.32 Å². The van der Waals surface area contributed by atoms with Crippen molar-refractivity contribution in [3.05, 3.63) is 33.9 Å². The van der Waals surface area contributed by atoms with Crippen molar-refractivity contribution in [1.82, 2.24) is 4.90 Å². The van der Waals surface area contributed by atoms with Crippen LogP contribution in [0.15, 0.2) is 18.2 Å². The Hall–Kier alpha value is -2.15. The van der Waals surface area contributed by atoms with Crippen molar-refractivity contribution in [2.45, 2.75) is 39.2 Å². The van der Waals surface area contributed by atoms with Crippen molar-refractivity contribution in [3.8, 4) is 0 Å². The topological polar surface area (TPSA) is 95.7 Å². The number of aliphatic hydroxyl groups excluding tert-OH is 1. The molecule has 1 fully saturated rings. The van der Waals surface area contributed by atoms with E-state index in [0.717, 1.165) is 12.8 Å². The zero-order valence-corrected chi connectivity index (χ0v) is 13.5. The number of nitrogens with zero attached hydrogens (tertiary/aromatic N) is 2. The van der Waals surface area contributed by atoms with Crippen LogP contribution < -0.4 is 5.32 Å². The molecule has 0 saturated carbocycles. The lowest BCUT2D eigenvalue weighted by molar-refractivity contribution is -0.385. The van der Waals surface area contributed by atoms with Crippen LogP contribution in [0.5, 0.6) is 0 Å². The van der Waals surface area contributed by atoms with Gasteiger partial charge in [0.05, 0.1) is 11.0 Å². The van der Waals surface area contributed by atoms with Crippen LogP contribution in [0.2, 0.25) is 0 Å². The number of aliphatic hydroxyl groups is 1. The summed E-state index contributed by atoms with van der Waals surface area (Å²) in [5.74, 6) is 0.226.